The Morgan fingerprint density at radius 2 is 2.32 bits per heavy atom. The normalized spacial score (nSPS) is 12.9. The highest BCUT2D eigenvalue weighted by Gasteiger charge is 2.11. The fourth-order valence-electron chi connectivity index (χ4n) is 1.84. The number of rotatable bonds is 8. The van der Waals surface area contributed by atoms with Crippen LogP contribution in [0.5, 0.6) is 0 Å². The van der Waals surface area contributed by atoms with Gasteiger partial charge in [-0.2, -0.15) is 0 Å². The fourth-order valence-corrected chi connectivity index (χ4v) is 2.87. The molecule has 2 aromatic rings. The number of fused-ring (bicyclic) bond motifs is 1. The van der Waals surface area contributed by atoms with Crippen LogP contribution in [-0.2, 0) is 0 Å². The van der Waals surface area contributed by atoms with Crippen molar-refractivity contribution in [3.63, 3.8) is 0 Å². The van der Waals surface area contributed by atoms with E-state index in [-0.39, 0.29) is 6.61 Å². The summed E-state index contributed by atoms with van der Waals surface area (Å²) < 4.78 is 1.99. The van der Waals surface area contributed by atoms with Crippen molar-refractivity contribution in [1.82, 2.24) is 19.9 Å². The molecule has 19 heavy (non-hydrogen) atoms. The first-order valence-corrected chi connectivity index (χ1v) is 7.60. The zero-order valence-corrected chi connectivity index (χ0v) is 11.9. The third-order valence-corrected chi connectivity index (χ3v) is 3.96. The highest BCUT2D eigenvalue weighted by molar-refractivity contribution is 7.99. The molecule has 0 spiro atoms. The molecule has 0 aliphatic rings. The fraction of sp³-hybridized carbons (Fsp3) is 0.538. The topological polar surface area (TPSA) is 62.5 Å². The number of hydrogen-bond acceptors (Lipinski definition) is 5. The van der Waals surface area contributed by atoms with Crippen molar-refractivity contribution in [2.75, 3.05) is 18.9 Å². The van der Waals surface area contributed by atoms with Crippen molar-refractivity contribution in [3.8, 4) is 0 Å². The molecule has 0 radical (unpaired) electrons. The van der Waals surface area contributed by atoms with Crippen molar-refractivity contribution in [2.45, 2.75) is 31.0 Å². The predicted molar refractivity (Wildman–Crippen MR) is 77.5 cm³/mol. The first kappa shape index (κ1) is 14.3. The first-order valence-electron chi connectivity index (χ1n) is 6.62. The van der Waals surface area contributed by atoms with Crippen molar-refractivity contribution in [1.29, 1.82) is 0 Å². The standard InChI is InChI=1S/C13H20N4OS/c1-2-7-14-11(6-9-18)10-19-13-16-15-12-5-3-4-8-17(12)13/h3-5,8,11,14,18H,2,6-7,9-10H2,1H3. The van der Waals surface area contributed by atoms with Crippen molar-refractivity contribution >= 4 is 17.4 Å². The van der Waals surface area contributed by atoms with E-state index in [1.165, 1.54) is 0 Å². The molecule has 0 aliphatic heterocycles. The van der Waals surface area contributed by atoms with E-state index in [4.69, 9.17) is 5.11 Å². The largest absolute Gasteiger partial charge is 0.396 e. The number of nitrogens with one attached hydrogen (secondary N) is 1. The molecule has 6 heteroatoms. The summed E-state index contributed by atoms with van der Waals surface area (Å²) in [6.07, 6.45) is 3.84. The van der Waals surface area contributed by atoms with Gasteiger partial charge in [0.2, 0.25) is 0 Å². The molecule has 0 fully saturated rings. The smallest absolute Gasteiger partial charge is 0.195 e. The molecule has 1 atom stereocenters. The summed E-state index contributed by atoms with van der Waals surface area (Å²) in [7, 11) is 0. The van der Waals surface area contributed by atoms with Crippen molar-refractivity contribution in [3.05, 3.63) is 24.4 Å². The average molecular weight is 280 g/mol. The molecule has 0 saturated heterocycles. The van der Waals surface area contributed by atoms with E-state index in [1.54, 1.807) is 11.8 Å². The van der Waals surface area contributed by atoms with E-state index >= 15 is 0 Å². The van der Waals surface area contributed by atoms with Crippen LogP contribution in [0.15, 0.2) is 29.6 Å². The van der Waals surface area contributed by atoms with Gasteiger partial charge in [-0.15, -0.1) is 10.2 Å². The number of hydrogen-bond donors (Lipinski definition) is 2. The molecule has 2 N–H and O–H groups in total. The number of aliphatic hydroxyl groups excluding tert-OH is 1. The number of pyridine rings is 1. The van der Waals surface area contributed by atoms with E-state index in [1.807, 2.05) is 28.8 Å². The van der Waals surface area contributed by atoms with Crippen LogP contribution in [0.1, 0.15) is 19.8 Å². The van der Waals surface area contributed by atoms with E-state index < -0.39 is 0 Å². The quantitative estimate of drug-likeness (QED) is 0.719. The summed E-state index contributed by atoms with van der Waals surface area (Å²) in [4.78, 5) is 0. The lowest BCUT2D eigenvalue weighted by molar-refractivity contribution is 0.270. The Kier molecular flexibility index (Phi) is 5.62. The van der Waals surface area contributed by atoms with Crippen molar-refractivity contribution in [2.24, 2.45) is 0 Å². The van der Waals surface area contributed by atoms with E-state index in [0.717, 1.165) is 35.9 Å². The van der Waals surface area contributed by atoms with Crippen LogP contribution in [0, 0.1) is 0 Å². The Hall–Kier alpha value is -1.11. The predicted octanol–water partition coefficient (Wildman–Crippen LogP) is 1.57. The van der Waals surface area contributed by atoms with Gasteiger partial charge in [0.15, 0.2) is 10.8 Å². The summed E-state index contributed by atoms with van der Waals surface area (Å²) in [5, 5.41) is 21.7. The van der Waals surface area contributed by atoms with Crippen molar-refractivity contribution < 1.29 is 5.11 Å². The van der Waals surface area contributed by atoms with Crippen LogP contribution in [0.4, 0.5) is 0 Å². The third kappa shape index (κ3) is 3.92. The van der Waals surface area contributed by atoms with E-state index in [2.05, 4.69) is 22.4 Å². The number of nitrogens with zero attached hydrogens (tertiary/aromatic N) is 3. The van der Waals surface area contributed by atoms with Crippen LogP contribution in [-0.4, -0.2) is 44.7 Å². The summed E-state index contributed by atoms with van der Waals surface area (Å²) in [6.45, 7) is 3.33. The SMILES string of the molecule is CCCNC(CCO)CSc1nnc2ccccn12. The molecule has 5 nitrogen and oxygen atoms in total. The molecule has 2 rings (SSSR count). The molecule has 0 bridgehead atoms. The number of aromatic nitrogens is 3. The summed E-state index contributed by atoms with van der Waals surface area (Å²) >= 11 is 1.67. The van der Waals surface area contributed by atoms with E-state index in [9.17, 15) is 0 Å². The van der Waals surface area contributed by atoms with Gasteiger partial charge >= 0.3 is 0 Å². The van der Waals surface area contributed by atoms with Gasteiger partial charge in [0, 0.05) is 24.6 Å². The zero-order chi connectivity index (χ0) is 13.5. The van der Waals surface area contributed by atoms with Crippen LogP contribution >= 0.6 is 11.8 Å². The highest BCUT2D eigenvalue weighted by Crippen LogP contribution is 2.18. The van der Waals surface area contributed by atoms with Gasteiger partial charge in [-0.25, -0.2) is 0 Å². The van der Waals surface area contributed by atoms with Gasteiger partial charge in [0.25, 0.3) is 0 Å². The Labute approximate surface area is 117 Å². The molecule has 0 aromatic carbocycles. The summed E-state index contributed by atoms with van der Waals surface area (Å²) in [5.74, 6) is 0.885. The maximum atomic E-state index is 9.08. The minimum absolute atomic E-state index is 0.211. The maximum absolute atomic E-state index is 9.08. The molecule has 0 saturated carbocycles. The van der Waals surface area contributed by atoms with Crippen LogP contribution in [0.25, 0.3) is 5.65 Å². The summed E-state index contributed by atoms with van der Waals surface area (Å²) in [6, 6.07) is 6.18. The van der Waals surface area contributed by atoms with Gasteiger partial charge in [-0.1, -0.05) is 24.8 Å². The molecule has 0 amide bonds. The molecule has 2 heterocycles. The highest BCUT2D eigenvalue weighted by atomic mass is 32.2. The van der Waals surface area contributed by atoms with Gasteiger partial charge < -0.3 is 10.4 Å². The Bertz CT molecular complexity index is 502. The molecule has 2 aromatic heterocycles. The lowest BCUT2D eigenvalue weighted by Crippen LogP contribution is -2.32. The first-order chi connectivity index (χ1) is 9.35. The second kappa shape index (κ2) is 7.47. The monoisotopic (exact) mass is 280 g/mol. The van der Waals surface area contributed by atoms with Gasteiger partial charge in [0.05, 0.1) is 0 Å². The Morgan fingerprint density at radius 1 is 1.42 bits per heavy atom. The Balaban J connectivity index is 1.96. The molecular formula is C13H20N4OS. The van der Waals surface area contributed by atoms with Crippen LogP contribution in [0.2, 0.25) is 0 Å². The molecule has 1 unspecified atom stereocenters. The van der Waals surface area contributed by atoms with Crippen LogP contribution < -0.4 is 5.32 Å². The molecule has 0 aliphatic carbocycles. The Morgan fingerprint density at radius 3 is 3.11 bits per heavy atom. The third-order valence-electron chi connectivity index (χ3n) is 2.86. The van der Waals surface area contributed by atoms with Gasteiger partial charge in [-0.05, 0) is 31.5 Å². The van der Waals surface area contributed by atoms with Gasteiger partial charge in [-0.3, -0.25) is 4.40 Å². The maximum Gasteiger partial charge on any atom is 0.195 e. The second-order valence-corrected chi connectivity index (χ2v) is 5.37. The van der Waals surface area contributed by atoms with E-state index in [0.29, 0.717) is 6.04 Å². The number of aliphatic hydroxyl groups is 1. The lowest BCUT2D eigenvalue weighted by atomic mass is 10.2. The summed E-state index contributed by atoms with van der Waals surface area (Å²) in [5.41, 5.74) is 0.866. The molecule has 104 valence electrons. The molecular weight excluding hydrogens is 260 g/mol. The number of thioether (sulfide) groups is 1. The minimum atomic E-state index is 0.211. The zero-order valence-electron chi connectivity index (χ0n) is 11.1. The average Bonchev–Trinajstić information content (AvgIpc) is 2.85. The minimum Gasteiger partial charge on any atom is -0.396 e. The van der Waals surface area contributed by atoms with Gasteiger partial charge in [0.1, 0.15) is 0 Å². The lowest BCUT2D eigenvalue weighted by Gasteiger charge is -2.16. The second-order valence-electron chi connectivity index (χ2n) is 4.39. The van der Waals surface area contributed by atoms with Crippen LogP contribution in [0.3, 0.4) is 0 Å².